The highest BCUT2D eigenvalue weighted by Gasteiger charge is 2.12. The number of para-hydroxylation sites is 2. The van der Waals surface area contributed by atoms with Crippen molar-refractivity contribution in [1.29, 1.82) is 0 Å². The molecule has 1 aromatic heterocycles. The molecular formula is C19H16ClN3O4. The number of aromatic nitrogens is 2. The number of rotatable bonds is 5. The Hall–Kier alpha value is -3.32. The summed E-state index contributed by atoms with van der Waals surface area (Å²) in [6, 6.07) is 13.5. The predicted octanol–water partition coefficient (Wildman–Crippen LogP) is 2.30. The van der Waals surface area contributed by atoms with Crippen LogP contribution in [-0.4, -0.2) is 22.2 Å². The molecule has 0 radical (unpaired) electrons. The van der Waals surface area contributed by atoms with Crippen molar-refractivity contribution < 1.29 is 9.53 Å². The van der Waals surface area contributed by atoms with E-state index in [0.29, 0.717) is 22.1 Å². The number of methoxy groups -OCH3 is 1. The number of hydrogen-bond donors (Lipinski definition) is 1. The molecule has 1 amide bonds. The molecule has 138 valence electrons. The maximum atomic E-state index is 12.4. The molecule has 8 heteroatoms. The molecule has 3 rings (SSSR count). The minimum absolute atomic E-state index is 0.303. The van der Waals surface area contributed by atoms with Gasteiger partial charge in [0.2, 0.25) is 5.91 Å². The third-order valence-electron chi connectivity index (χ3n) is 3.84. The molecular weight excluding hydrogens is 370 g/mol. The molecule has 1 heterocycles. The van der Waals surface area contributed by atoms with Gasteiger partial charge in [0.15, 0.2) is 0 Å². The zero-order valence-corrected chi connectivity index (χ0v) is 15.1. The molecule has 0 atom stereocenters. The number of nitrogens with one attached hydrogen (secondary N) is 1. The lowest BCUT2D eigenvalue weighted by molar-refractivity contribution is -0.116. The molecule has 0 aliphatic heterocycles. The fourth-order valence-electron chi connectivity index (χ4n) is 2.55. The van der Waals surface area contributed by atoms with Crippen LogP contribution in [0.4, 0.5) is 5.69 Å². The Morgan fingerprint density at radius 2 is 1.85 bits per heavy atom. The van der Waals surface area contributed by atoms with Crippen LogP contribution in [0.5, 0.6) is 5.75 Å². The molecule has 0 fully saturated rings. The summed E-state index contributed by atoms with van der Waals surface area (Å²) in [5.74, 6) is 0.0380. The van der Waals surface area contributed by atoms with Gasteiger partial charge in [-0.15, -0.1) is 0 Å². The third-order valence-corrected chi connectivity index (χ3v) is 4.07. The van der Waals surface area contributed by atoms with Crippen molar-refractivity contribution in [3.05, 3.63) is 86.7 Å². The van der Waals surface area contributed by atoms with E-state index in [2.05, 4.69) is 5.32 Å². The Morgan fingerprint density at radius 1 is 1.07 bits per heavy atom. The first-order valence-corrected chi connectivity index (χ1v) is 8.38. The van der Waals surface area contributed by atoms with Gasteiger partial charge in [-0.25, -0.2) is 0 Å². The van der Waals surface area contributed by atoms with Crippen LogP contribution >= 0.6 is 11.6 Å². The van der Waals surface area contributed by atoms with Crippen LogP contribution in [0.3, 0.4) is 0 Å². The van der Waals surface area contributed by atoms with E-state index < -0.39 is 17.0 Å². The fraction of sp³-hybridized carbons (Fsp3) is 0.105. The standard InChI is InChI=1S/C19H16ClN3O4/c1-27-16-8-3-2-7-15(16)21-17(24)12-22-9-10-23(19(26)18(22)25)14-6-4-5-13(20)11-14/h2-11H,12H2,1H3,(H,21,24). The number of benzene rings is 2. The second kappa shape index (κ2) is 7.92. The Bertz CT molecular complexity index is 1100. The van der Waals surface area contributed by atoms with Gasteiger partial charge in [0, 0.05) is 17.4 Å². The molecule has 0 aliphatic rings. The lowest BCUT2D eigenvalue weighted by atomic mass is 10.3. The molecule has 2 aromatic carbocycles. The van der Waals surface area contributed by atoms with E-state index in [1.165, 1.54) is 24.1 Å². The molecule has 0 aliphatic carbocycles. The smallest absolute Gasteiger partial charge is 0.320 e. The summed E-state index contributed by atoms with van der Waals surface area (Å²) in [6.45, 7) is -0.303. The molecule has 0 bridgehead atoms. The van der Waals surface area contributed by atoms with Gasteiger partial charge in [-0.05, 0) is 30.3 Å². The largest absolute Gasteiger partial charge is 0.495 e. The molecule has 7 nitrogen and oxygen atoms in total. The summed E-state index contributed by atoms with van der Waals surface area (Å²) >= 11 is 5.93. The summed E-state index contributed by atoms with van der Waals surface area (Å²) in [4.78, 5) is 37.0. The van der Waals surface area contributed by atoms with Gasteiger partial charge in [-0.3, -0.25) is 23.5 Å². The van der Waals surface area contributed by atoms with E-state index in [4.69, 9.17) is 16.3 Å². The Labute approximate surface area is 159 Å². The number of amides is 1. The second-order valence-corrected chi connectivity index (χ2v) is 6.07. The molecule has 3 aromatic rings. The van der Waals surface area contributed by atoms with Crippen molar-refractivity contribution in [2.24, 2.45) is 0 Å². The third kappa shape index (κ3) is 4.09. The van der Waals surface area contributed by atoms with Crippen molar-refractivity contribution in [2.45, 2.75) is 6.54 Å². The van der Waals surface area contributed by atoms with E-state index in [1.807, 2.05) is 0 Å². The summed E-state index contributed by atoms with van der Waals surface area (Å²) < 4.78 is 7.40. The van der Waals surface area contributed by atoms with E-state index in [9.17, 15) is 14.4 Å². The highest BCUT2D eigenvalue weighted by molar-refractivity contribution is 6.30. The second-order valence-electron chi connectivity index (χ2n) is 5.63. The Morgan fingerprint density at radius 3 is 2.59 bits per heavy atom. The molecule has 0 saturated heterocycles. The SMILES string of the molecule is COc1ccccc1NC(=O)Cn1ccn(-c2cccc(Cl)c2)c(=O)c1=O. The maximum absolute atomic E-state index is 12.4. The summed E-state index contributed by atoms with van der Waals surface area (Å²) in [6.07, 6.45) is 2.80. The van der Waals surface area contributed by atoms with E-state index in [-0.39, 0.29) is 6.54 Å². The molecule has 27 heavy (non-hydrogen) atoms. The lowest BCUT2D eigenvalue weighted by Gasteiger charge is -2.11. The van der Waals surface area contributed by atoms with Gasteiger partial charge >= 0.3 is 11.1 Å². The maximum Gasteiger partial charge on any atom is 0.320 e. The summed E-state index contributed by atoms with van der Waals surface area (Å²) in [5, 5.41) is 3.10. The van der Waals surface area contributed by atoms with Crippen LogP contribution in [-0.2, 0) is 11.3 Å². The summed E-state index contributed by atoms with van der Waals surface area (Å²) in [7, 11) is 1.49. The minimum Gasteiger partial charge on any atom is -0.495 e. The first-order valence-electron chi connectivity index (χ1n) is 8.00. The number of halogens is 1. The number of ether oxygens (including phenoxy) is 1. The van der Waals surface area contributed by atoms with Gasteiger partial charge < -0.3 is 10.1 Å². The van der Waals surface area contributed by atoms with Gasteiger partial charge in [0.05, 0.1) is 18.5 Å². The topological polar surface area (TPSA) is 82.3 Å². The molecule has 0 saturated carbocycles. The number of nitrogens with zero attached hydrogens (tertiary/aromatic N) is 2. The normalized spacial score (nSPS) is 10.4. The van der Waals surface area contributed by atoms with E-state index >= 15 is 0 Å². The number of carbonyl (C=O) groups is 1. The van der Waals surface area contributed by atoms with Crippen molar-refractivity contribution in [2.75, 3.05) is 12.4 Å². The van der Waals surface area contributed by atoms with Gasteiger partial charge in [-0.1, -0.05) is 29.8 Å². The molecule has 1 N–H and O–H groups in total. The van der Waals surface area contributed by atoms with Gasteiger partial charge in [-0.2, -0.15) is 0 Å². The van der Waals surface area contributed by atoms with E-state index in [1.54, 1.807) is 48.5 Å². The van der Waals surface area contributed by atoms with Gasteiger partial charge in [0.25, 0.3) is 0 Å². The first-order chi connectivity index (χ1) is 13.0. The van der Waals surface area contributed by atoms with Crippen LogP contribution in [0.1, 0.15) is 0 Å². The molecule has 0 spiro atoms. The van der Waals surface area contributed by atoms with Gasteiger partial charge in [0.1, 0.15) is 12.3 Å². The van der Waals surface area contributed by atoms with Crippen LogP contribution in [0.15, 0.2) is 70.5 Å². The summed E-state index contributed by atoms with van der Waals surface area (Å²) in [5.41, 5.74) is -0.641. The lowest BCUT2D eigenvalue weighted by Crippen LogP contribution is -2.41. The highest BCUT2D eigenvalue weighted by atomic mass is 35.5. The Kier molecular flexibility index (Phi) is 5.42. The van der Waals surface area contributed by atoms with Crippen molar-refractivity contribution in [3.8, 4) is 11.4 Å². The van der Waals surface area contributed by atoms with Crippen molar-refractivity contribution in [3.63, 3.8) is 0 Å². The first kappa shape index (κ1) is 18.5. The monoisotopic (exact) mass is 385 g/mol. The quantitative estimate of drug-likeness (QED) is 0.683. The molecule has 0 unspecified atom stereocenters. The predicted molar refractivity (Wildman–Crippen MR) is 103 cm³/mol. The van der Waals surface area contributed by atoms with Crippen molar-refractivity contribution >= 4 is 23.2 Å². The minimum atomic E-state index is -0.812. The van der Waals surface area contributed by atoms with Crippen molar-refractivity contribution in [1.82, 2.24) is 9.13 Å². The number of hydrogen-bond acceptors (Lipinski definition) is 4. The van der Waals surface area contributed by atoms with Crippen LogP contribution < -0.4 is 21.2 Å². The average molecular weight is 386 g/mol. The van der Waals surface area contributed by atoms with Crippen LogP contribution in [0.25, 0.3) is 5.69 Å². The zero-order chi connectivity index (χ0) is 19.4. The average Bonchev–Trinajstić information content (AvgIpc) is 2.66. The van der Waals surface area contributed by atoms with Crippen LogP contribution in [0, 0.1) is 0 Å². The number of anilines is 1. The Balaban J connectivity index is 1.84. The fourth-order valence-corrected chi connectivity index (χ4v) is 2.74. The van der Waals surface area contributed by atoms with Crippen LogP contribution in [0.2, 0.25) is 5.02 Å². The highest BCUT2D eigenvalue weighted by Crippen LogP contribution is 2.22. The number of carbonyl (C=O) groups excluding carboxylic acids is 1. The zero-order valence-electron chi connectivity index (χ0n) is 14.4. The van der Waals surface area contributed by atoms with E-state index in [0.717, 1.165) is 4.57 Å².